The average molecular weight is 196 g/mol. The van der Waals surface area contributed by atoms with Crippen LogP contribution in [0.1, 0.15) is 26.2 Å². The van der Waals surface area contributed by atoms with Gasteiger partial charge in [-0.15, -0.1) is 0 Å². The molecule has 1 aliphatic heterocycles. The predicted molar refractivity (Wildman–Crippen MR) is 51.8 cm³/mol. The highest BCUT2D eigenvalue weighted by Crippen LogP contribution is 1.98. The van der Waals surface area contributed by atoms with Crippen molar-refractivity contribution in [3.8, 4) is 0 Å². The van der Waals surface area contributed by atoms with E-state index in [0.717, 1.165) is 25.5 Å². The highest BCUT2D eigenvalue weighted by Gasteiger charge is 2.17. The Morgan fingerprint density at radius 2 is 2.29 bits per heavy atom. The zero-order valence-electron chi connectivity index (χ0n) is 8.02. The first kappa shape index (κ1) is 10.6. The van der Waals surface area contributed by atoms with Crippen molar-refractivity contribution in [1.29, 1.82) is 0 Å². The molecular formula is C9H12N2O3. The van der Waals surface area contributed by atoms with Gasteiger partial charge in [-0.2, -0.15) is 9.98 Å². The first-order valence-electron chi connectivity index (χ1n) is 4.58. The number of amides is 2. The average Bonchev–Trinajstić information content (AvgIpc) is 2.59. The molecule has 0 N–H and O–H groups in total. The third kappa shape index (κ3) is 3.08. The lowest BCUT2D eigenvalue weighted by molar-refractivity contribution is -0.135. The molecule has 0 radical (unpaired) electrons. The number of esters is 1. The molecule has 1 heterocycles. The summed E-state index contributed by atoms with van der Waals surface area (Å²) in [6.45, 7) is 2.43. The number of nitrogens with zero attached hydrogens (tertiary/aromatic N) is 2. The summed E-state index contributed by atoms with van der Waals surface area (Å²) in [4.78, 5) is 28.4. The monoisotopic (exact) mass is 196 g/mol. The van der Waals surface area contributed by atoms with Crippen LogP contribution in [-0.2, 0) is 9.53 Å². The lowest BCUT2D eigenvalue weighted by Crippen LogP contribution is -2.17. The molecular weight excluding hydrogens is 184 g/mol. The van der Waals surface area contributed by atoms with Crippen LogP contribution in [-0.4, -0.2) is 30.5 Å². The molecule has 1 aliphatic rings. The molecule has 0 atom stereocenters. The number of carbonyl (C=O) groups is 2. The standard InChI is InChI=1S/C9H12N2O3/c1-2-3-4-5-14-8(12)7-6-10-9(13)11-7/h6H,2-5H2,1H3. The van der Waals surface area contributed by atoms with Crippen LogP contribution in [0.3, 0.4) is 0 Å². The summed E-state index contributed by atoms with van der Waals surface area (Å²) < 4.78 is 4.86. The summed E-state index contributed by atoms with van der Waals surface area (Å²) in [6.07, 6.45) is 4.05. The van der Waals surface area contributed by atoms with Crippen molar-refractivity contribution in [3.05, 3.63) is 0 Å². The minimum atomic E-state index is -0.648. The summed E-state index contributed by atoms with van der Waals surface area (Å²) in [5.41, 5.74) is -0.00787. The van der Waals surface area contributed by atoms with Gasteiger partial charge in [0.1, 0.15) is 0 Å². The van der Waals surface area contributed by atoms with E-state index in [2.05, 4.69) is 16.9 Å². The number of hydrogen-bond donors (Lipinski definition) is 0. The minimum Gasteiger partial charge on any atom is -0.461 e. The number of unbranched alkanes of at least 4 members (excludes halogenated alkanes) is 2. The van der Waals surface area contributed by atoms with Crippen molar-refractivity contribution in [1.82, 2.24) is 0 Å². The van der Waals surface area contributed by atoms with Gasteiger partial charge in [-0.3, -0.25) is 0 Å². The fourth-order valence-electron chi connectivity index (χ4n) is 0.966. The van der Waals surface area contributed by atoms with Crippen LogP contribution in [0.2, 0.25) is 0 Å². The zero-order chi connectivity index (χ0) is 10.4. The zero-order valence-corrected chi connectivity index (χ0v) is 8.02. The second-order valence-corrected chi connectivity index (χ2v) is 2.88. The van der Waals surface area contributed by atoms with E-state index in [1.807, 2.05) is 0 Å². The molecule has 2 amide bonds. The van der Waals surface area contributed by atoms with Gasteiger partial charge in [-0.05, 0) is 6.42 Å². The number of rotatable bonds is 5. The molecule has 1 rings (SSSR count). The maximum atomic E-state index is 11.2. The molecule has 0 unspecified atom stereocenters. The summed E-state index contributed by atoms with van der Waals surface area (Å²) in [6, 6.07) is -0.648. The van der Waals surface area contributed by atoms with E-state index in [1.54, 1.807) is 0 Å². The molecule has 0 fully saturated rings. The Kier molecular flexibility index (Phi) is 3.97. The fourth-order valence-corrected chi connectivity index (χ4v) is 0.966. The van der Waals surface area contributed by atoms with E-state index in [-0.39, 0.29) is 5.71 Å². The molecule has 5 nitrogen and oxygen atoms in total. The molecule has 14 heavy (non-hydrogen) atoms. The van der Waals surface area contributed by atoms with Gasteiger partial charge in [0.25, 0.3) is 0 Å². The Hall–Kier alpha value is -1.52. The molecule has 5 heteroatoms. The first-order chi connectivity index (χ1) is 6.74. The van der Waals surface area contributed by atoms with E-state index in [1.165, 1.54) is 0 Å². The van der Waals surface area contributed by atoms with Crippen LogP contribution in [0.5, 0.6) is 0 Å². The Balaban J connectivity index is 2.26. The van der Waals surface area contributed by atoms with Crippen molar-refractivity contribution in [2.45, 2.75) is 26.2 Å². The minimum absolute atomic E-state index is 0.00787. The van der Waals surface area contributed by atoms with E-state index >= 15 is 0 Å². The Bertz CT molecular complexity index is 294. The second kappa shape index (κ2) is 5.26. The highest BCUT2D eigenvalue weighted by atomic mass is 16.5. The summed E-state index contributed by atoms with van der Waals surface area (Å²) in [5.74, 6) is -0.573. The van der Waals surface area contributed by atoms with Gasteiger partial charge in [0.15, 0.2) is 5.71 Å². The van der Waals surface area contributed by atoms with Crippen LogP contribution < -0.4 is 0 Å². The van der Waals surface area contributed by atoms with E-state index in [4.69, 9.17) is 4.74 Å². The lowest BCUT2D eigenvalue weighted by Gasteiger charge is -2.01. The van der Waals surface area contributed by atoms with Crippen LogP contribution in [0, 0.1) is 0 Å². The van der Waals surface area contributed by atoms with Crippen molar-refractivity contribution in [2.24, 2.45) is 9.98 Å². The van der Waals surface area contributed by atoms with Gasteiger partial charge in [0, 0.05) is 0 Å². The van der Waals surface area contributed by atoms with Crippen LogP contribution in [0.15, 0.2) is 9.98 Å². The third-order valence-corrected chi connectivity index (χ3v) is 1.70. The third-order valence-electron chi connectivity index (χ3n) is 1.70. The summed E-state index contributed by atoms with van der Waals surface area (Å²) >= 11 is 0. The number of ether oxygens (including phenoxy) is 1. The maximum absolute atomic E-state index is 11.2. The number of hydrogen-bond acceptors (Lipinski definition) is 3. The number of carbonyl (C=O) groups excluding carboxylic acids is 2. The van der Waals surface area contributed by atoms with Crippen molar-refractivity contribution in [2.75, 3.05) is 6.61 Å². The van der Waals surface area contributed by atoms with Crippen molar-refractivity contribution >= 4 is 23.9 Å². The number of aliphatic imine (C=N–C) groups is 2. The Morgan fingerprint density at radius 1 is 1.50 bits per heavy atom. The number of urea groups is 1. The van der Waals surface area contributed by atoms with Crippen molar-refractivity contribution < 1.29 is 14.3 Å². The first-order valence-corrected chi connectivity index (χ1v) is 4.58. The summed E-state index contributed by atoms with van der Waals surface area (Å²) in [7, 11) is 0. The normalized spacial score (nSPS) is 14.4. The quantitative estimate of drug-likeness (QED) is 0.492. The Labute approximate surface area is 81.9 Å². The molecule has 0 aromatic carbocycles. The Morgan fingerprint density at radius 3 is 2.86 bits per heavy atom. The molecule has 76 valence electrons. The molecule has 0 aromatic heterocycles. The van der Waals surface area contributed by atoms with Crippen LogP contribution in [0.4, 0.5) is 4.79 Å². The smallest absolute Gasteiger partial charge is 0.367 e. The van der Waals surface area contributed by atoms with Crippen LogP contribution in [0.25, 0.3) is 0 Å². The van der Waals surface area contributed by atoms with E-state index < -0.39 is 12.0 Å². The molecule has 0 aliphatic carbocycles. The predicted octanol–water partition coefficient (Wildman–Crippen LogP) is 1.37. The highest BCUT2D eigenvalue weighted by molar-refractivity contribution is 6.62. The molecule has 0 aromatic rings. The summed E-state index contributed by atoms with van der Waals surface area (Å²) in [5, 5.41) is 0. The van der Waals surface area contributed by atoms with Crippen LogP contribution >= 0.6 is 0 Å². The van der Waals surface area contributed by atoms with Gasteiger partial charge in [0.05, 0.1) is 12.8 Å². The maximum Gasteiger partial charge on any atom is 0.367 e. The van der Waals surface area contributed by atoms with E-state index in [0.29, 0.717) is 6.61 Å². The molecule has 0 bridgehead atoms. The largest absolute Gasteiger partial charge is 0.461 e. The van der Waals surface area contributed by atoms with Gasteiger partial charge >= 0.3 is 12.0 Å². The van der Waals surface area contributed by atoms with Gasteiger partial charge in [-0.1, -0.05) is 19.8 Å². The second-order valence-electron chi connectivity index (χ2n) is 2.88. The molecule has 0 saturated carbocycles. The van der Waals surface area contributed by atoms with Gasteiger partial charge < -0.3 is 4.74 Å². The molecule has 0 saturated heterocycles. The SMILES string of the molecule is CCCCCOC(=O)C1=NC(=O)N=C1. The molecule has 0 spiro atoms. The van der Waals surface area contributed by atoms with Gasteiger partial charge in [0.2, 0.25) is 0 Å². The van der Waals surface area contributed by atoms with Gasteiger partial charge in [-0.25, -0.2) is 9.59 Å². The van der Waals surface area contributed by atoms with Crippen molar-refractivity contribution in [3.63, 3.8) is 0 Å². The topological polar surface area (TPSA) is 68.1 Å². The van der Waals surface area contributed by atoms with E-state index in [9.17, 15) is 9.59 Å². The fraction of sp³-hybridized carbons (Fsp3) is 0.556. The lowest BCUT2D eigenvalue weighted by atomic mass is 10.3.